The van der Waals surface area contributed by atoms with Crippen molar-refractivity contribution in [2.24, 2.45) is 0 Å². The van der Waals surface area contributed by atoms with E-state index < -0.39 is 0 Å². The summed E-state index contributed by atoms with van der Waals surface area (Å²) in [5.74, 6) is 1.56. The largest absolute Gasteiger partial charge is 0.485 e. The van der Waals surface area contributed by atoms with Crippen LogP contribution in [0.5, 0.6) is 5.75 Å². The first-order valence-electron chi connectivity index (χ1n) is 12.0. The Labute approximate surface area is 212 Å². The van der Waals surface area contributed by atoms with Crippen molar-refractivity contribution in [3.05, 3.63) is 60.4 Å². The standard InChI is InChI=1S/C27H36N4O3S/c1-19(2)31(20(3)4)26(32)21(5)35-27-29-28-25(30(27)16-17-33-6)18-34-24-15-11-10-14-23(24)22-12-8-7-9-13-22/h7-15,19-21H,16-18H2,1-6H3. The highest BCUT2D eigenvalue weighted by atomic mass is 32.2. The summed E-state index contributed by atoms with van der Waals surface area (Å²) in [5, 5.41) is 9.20. The Kier molecular flexibility index (Phi) is 9.74. The minimum atomic E-state index is -0.294. The van der Waals surface area contributed by atoms with Gasteiger partial charge in [-0.05, 0) is 46.2 Å². The van der Waals surface area contributed by atoms with E-state index in [0.29, 0.717) is 24.1 Å². The summed E-state index contributed by atoms with van der Waals surface area (Å²) in [4.78, 5) is 15.1. The van der Waals surface area contributed by atoms with Crippen LogP contribution in [-0.2, 0) is 22.7 Å². The van der Waals surface area contributed by atoms with Crippen LogP contribution in [0.2, 0.25) is 0 Å². The van der Waals surface area contributed by atoms with Crippen molar-refractivity contribution in [2.75, 3.05) is 13.7 Å². The lowest BCUT2D eigenvalue weighted by Gasteiger charge is -2.32. The van der Waals surface area contributed by atoms with Gasteiger partial charge in [-0.3, -0.25) is 4.79 Å². The number of benzene rings is 2. The zero-order valence-corrected chi connectivity index (χ0v) is 22.3. The fraction of sp³-hybridized carbons (Fsp3) is 0.444. The number of thioether (sulfide) groups is 1. The van der Waals surface area contributed by atoms with Gasteiger partial charge in [0.05, 0.1) is 11.9 Å². The van der Waals surface area contributed by atoms with E-state index in [1.807, 2.05) is 86.6 Å². The molecule has 1 amide bonds. The number of methoxy groups -OCH3 is 1. The zero-order chi connectivity index (χ0) is 25.4. The Morgan fingerprint density at radius 1 is 0.971 bits per heavy atom. The van der Waals surface area contributed by atoms with Crippen LogP contribution in [0.15, 0.2) is 59.8 Å². The molecule has 2 aromatic carbocycles. The Hall–Kier alpha value is -2.84. The van der Waals surface area contributed by atoms with Crippen molar-refractivity contribution in [2.45, 2.75) is 70.3 Å². The molecule has 1 heterocycles. The molecular weight excluding hydrogens is 460 g/mol. The molecular formula is C27H36N4O3S. The van der Waals surface area contributed by atoms with Gasteiger partial charge in [-0.15, -0.1) is 10.2 Å². The molecule has 0 aliphatic heterocycles. The second-order valence-electron chi connectivity index (χ2n) is 8.89. The van der Waals surface area contributed by atoms with Crippen LogP contribution < -0.4 is 4.74 Å². The number of para-hydroxylation sites is 1. The van der Waals surface area contributed by atoms with Crippen molar-refractivity contribution in [1.29, 1.82) is 0 Å². The van der Waals surface area contributed by atoms with Gasteiger partial charge in [0.25, 0.3) is 0 Å². The van der Waals surface area contributed by atoms with Crippen molar-refractivity contribution in [3.63, 3.8) is 0 Å². The smallest absolute Gasteiger partial charge is 0.236 e. The minimum absolute atomic E-state index is 0.0934. The highest BCUT2D eigenvalue weighted by Crippen LogP contribution is 2.31. The second-order valence-corrected chi connectivity index (χ2v) is 10.2. The summed E-state index contributed by atoms with van der Waals surface area (Å²) < 4.78 is 13.5. The number of amides is 1. The Bertz CT molecular complexity index is 1080. The maximum atomic E-state index is 13.1. The Balaban J connectivity index is 1.79. The van der Waals surface area contributed by atoms with Crippen LogP contribution in [0, 0.1) is 0 Å². The average Bonchev–Trinajstić information content (AvgIpc) is 3.22. The summed E-state index contributed by atoms with van der Waals surface area (Å²) in [6.45, 7) is 11.4. The summed E-state index contributed by atoms with van der Waals surface area (Å²) in [7, 11) is 1.67. The normalized spacial score (nSPS) is 12.2. The van der Waals surface area contributed by atoms with Crippen LogP contribution in [0.1, 0.15) is 40.4 Å². The molecule has 0 saturated heterocycles. The van der Waals surface area contributed by atoms with E-state index in [0.717, 1.165) is 16.9 Å². The fourth-order valence-electron chi connectivity index (χ4n) is 4.03. The van der Waals surface area contributed by atoms with Gasteiger partial charge in [0, 0.05) is 31.3 Å². The Morgan fingerprint density at radius 3 is 2.29 bits per heavy atom. The van der Waals surface area contributed by atoms with Gasteiger partial charge in [-0.25, -0.2) is 0 Å². The van der Waals surface area contributed by atoms with Crippen LogP contribution in [-0.4, -0.2) is 56.6 Å². The van der Waals surface area contributed by atoms with Crippen LogP contribution in [0.25, 0.3) is 11.1 Å². The van der Waals surface area contributed by atoms with E-state index >= 15 is 0 Å². The number of carbonyl (C=O) groups is 1. The van der Waals surface area contributed by atoms with Crippen LogP contribution in [0.3, 0.4) is 0 Å². The predicted octanol–water partition coefficient (Wildman–Crippen LogP) is 5.30. The monoisotopic (exact) mass is 496 g/mol. The summed E-state index contributed by atoms with van der Waals surface area (Å²) in [6.07, 6.45) is 0. The van der Waals surface area contributed by atoms with Crippen molar-refractivity contribution in [1.82, 2.24) is 19.7 Å². The molecule has 3 rings (SSSR count). The molecule has 0 spiro atoms. The molecule has 0 fully saturated rings. The number of hydrogen-bond acceptors (Lipinski definition) is 6. The topological polar surface area (TPSA) is 69.5 Å². The SMILES string of the molecule is COCCn1c(COc2ccccc2-c2ccccc2)nnc1SC(C)C(=O)N(C(C)C)C(C)C. The molecule has 35 heavy (non-hydrogen) atoms. The van der Waals surface area contributed by atoms with E-state index in [9.17, 15) is 4.79 Å². The molecule has 1 aromatic heterocycles. The van der Waals surface area contributed by atoms with Crippen LogP contribution in [0.4, 0.5) is 0 Å². The molecule has 0 bridgehead atoms. The first-order chi connectivity index (χ1) is 16.8. The van der Waals surface area contributed by atoms with E-state index in [2.05, 4.69) is 22.3 Å². The first-order valence-corrected chi connectivity index (χ1v) is 12.9. The van der Waals surface area contributed by atoms with Gasteiger partial charge < -0.3 is 18.9 Å². The lowest BCUT2D eigenvalue weighted by molar-refractivity contribution is -0.133. The van der Waals surface area contributed by atoms with Crippen molar-refractivity contribution < 1.29 is 14.3 Å². The Morgan fingerprint density at radius 2 is 1.63 bits per heavy atom. The lowest BCUT2D eigenvalue weighted by Crippen LogP contribution is -2.45. The lowest BCUT2D eigenvalue weighted by atomic mass is 10.1. The molecule has 0 radical (unpaired) electrons. The van der Waals surface area contributed by atoms with Gasteiger partial charge in [-0.2, -0.15) is 0 Å². The molecule has 1 unspecified atom stereocenters. The predicted molar refractivity (Wildman–Crippen MR) is 141 cm³/mol. The molecule has 188 valence electrons. The molecule has 7 nitrogen and oxygen atoms in total. The van der Waals surface area contributed by atoms with E-state index in [4.69, 9.17) is 9.47 Å². The summed E-state index contributed by atoms with van der Waals surface area (Å²) >= 11 is 1.42. The zero-order valence-electron chi connectivity index (χ0n) is 21.5. The fourth-order valence-corrected chi connectivity index (χ4v) is 4.99. The number of carbonyl (C=O) groups excluding carboxylic acids is 1. The maximum Gasteiger partial charge on any atom is 0.236 e. The third kappa shape index (κ3) is 6.86. The van der Waals surface area contributed by atoms with Gasteiger partial charge in [0.2, 0.25) is 5.91 Å². The highest BCUT2D eigenvalue weighted by Gasteiger charge is 2.27. The highest BCUT2D eigenvalue weighted by molar-refractivity contribution is 8.00. The van der Waals surface area contributed by atoms with Gasteiger partial charge in [-0.1, -0.05) is 60.3 Å². The number of hydrogen-bond donors (Lipinski definition) is 0. The van der Waals surface area contributed by atoms with E-state index in [1.165, 1.54) is 11.8 Å². The molecule has 8 heteroatoms. The van der Waals surface area contributed by atoms with E-state index in [1.54, 1.807) is 7.11 Å². The van der Waals surface area contributed by atoms with Crippen LogP contribution >= 0.6 is 11.8 Å². The van der Waals surface area contributed by atoms with Crippen molar-refractivity contribution >= 4 is 17.7 Å². The molecule has 1 atom stereocenters. The first kappa shape index (κ1) is 26.8. The average molecular weight is 497 g/mol. The summed E-state index contributed by atoms with van der Waals surface area (Å²) in [6, 6.07) is 18.4. The molecule has 3 aromatic rings. The molecule has 0 aliphatic carbocycles. The minimum Gasteiger partial charge on any atom is -0.485 e. The van der Waals surface area contributed by atoms with Gasteiger partial charge >= 0.3 is 0 Å². The van der Waals surface area contributed by atoms with Gasteiger partial charge in [0.15, 0.2) is 11.0 Å². The maximum absolute atomic E-state index is 13.1. The number of aromatic nitrogens is 3. The van der Waals surface area contributed by atoms with Crippen molar-refractivity contribution in [3.8, 4) is 16.9 Å². The van der Waals surface area contributed by atoms with Gasteiger partial charge in [0.1, 0.15) is 12.4 Å². The molecule has 0 N–H and O–H groups in total. The molecule has 0 aliphatic rings. The molecule has 0 saturated carbocycles. The number of rotatable bonds is 12. The third-order valence-electron chi connectivity index (χ3n) is 5.64. The second kappa shape index (κ2) is 12.7. The van der Waals surface area contributed by atoms with E-state index in [-0.39, 0.29) is 29.8 Å². The number of ether oxygens (including phenoxy) is 2. The quantitative estimate of drug-likeness (QED) is 0.317. The number of nitrogens with zero attached hydrogens (tertiary/aromatic N) is 4. The third-order valence-corrected chi connectivity index (χ3v) is 6.71. The summed E-state index contributed by atoms with van der Waals surface area (Å²) in [5.41, 5.74) is 2.11.